The second kappa shape index (κ2) is 9.90. The number of ether oxygens (including phenoxy) is 1. The highest BCUT2D eigenvalue weighted by atomic mass is 28.2. The van der Waals surface area contributed by atoms with Crippen LogP contribution in [0, 0.1) is 11.3 Å². The molecule has 2 aliphatic heterocycles. The Morgan fingerprint density at radius 1 is 1.09 bits per heavy atom. The molecule has 1 aromatic heterocycles. The molecular formula is C28H45N3O3Si. The first kappa shape index (κ1) is 26.2. The van der Waals surface area contributed by atoms with E-state index in [9.17, 15) is 4.79 Å². The van der Waals surface area contributed by atoms with Gasteiger partial charge in [0.1, 0.15) is 17.5 Å². The number of rotatable bonds is 8. The highest BCUT2D eigenvalue weighted by molar-refractivity contribution is 6.25. The molecule has 2 atom stereocenters. The van der Waals surface area contributed by atoms with Gasteiger partial charge in [0.2, 0.25) is 0 Å². The van der Waals surface area contributed by atoms with Gasteiger partial charge in [0.15, 0.2) is 9.76 Å². The first-order valence-electron chi connectivity index (χ1n) is 13.5. The molecule has 6 nitrogen and oxygen atoms in total. The maximum absolute atomic E-state index is 13.0. The summed E-state index contributed by atoms with van der Waals surface area (Å²) in [7, 11) is -0.676. The number of carbonyl (C=O) groups is 1. The molecule has 0 aliphatic carbocycles. The van der Waals surface area contributed by atoms with Crippen LogP contribution < -0.4 is 10.1 Å². The molecule has 1 saturated heterocycles. The molecular weight excluding hydrogens is 454 g/mol. The quantitative estimate of drug-likeness (QED) is 0.532. The summed E-state index contributed by atoms with van der Waals surface area (Å²) in [5.41, 5.74) is 1.31. The Labute approximate surface area is 213 Å². The number of benzene rings is 1. The molecule has 3 heterocycles. The smallest absolute Gasteiger partial charge is 0.268 e. The Morgan fingerprint density at radius 2 is 1.77 bits per heavy atom. The van der Waals surface area contributed by atoms with Gasteiger partial charge < -0.3 is 23.9 Å². The number of hydrogen-bond donors (Lipinski definition) is 1. The number of carbonyl (C=O) groups excluding carboxylic acids is 1. The predicted octanol–water partition coefficient (Wildman–Crippen LogP) is 4.77. The van der Waals surface area contributed by atoms with Gasteiger partial charge in [0, 0.05) is 36.6 Å². The van der Waals surface area contributed by atoms with Gasteiger partial charge in [0.25, 0.3) is 5.91 Å². The van der Waals surface area contributed by atoms with Crippen molar-refractivity contribution in [3.8, 4) is 5.75 Å². The Hall–Kier alpha value is -1.83. The second-order valence-corrected chi connectivity index (χ2v) is 12.6. The Morgan fingerprint density at radius 3 is 2.37 bits per heavy atom. The predicted molar refractivity (Wildman–Crippen MR) is 146 cm³/mol. The van der Waals surface area contributed by atoms with Crippen LogP contribution in [-0.4, -0.2) is 62.5 Å². The van der Waals surface area contributed by atoms with Crippen LogP contribution in [0.2, 0.25) is 6.55 Å². The average Bonchev–Trinajstić information content (AvgIpc) is 3.19. The number of fused-ring (bicyclic) bond motifs is 3. The summed E-state index contributed by atoms with van der Waals surface area (Å²) in [5.74, 6) is 1.31. The topological polar surface area (TPSA) is 55.7 Å². The van der Waals surface area contributed by atoms with Crippen LogP contribution >= 0.6 is 0 Å². The molecule has 194 valence electrons. The maximum atomic E-state index is 13.0. The normalized spacial score (nSPS) is 22.2. The summed E-state index contributed by atoms with van der Waals surface area (Å²) >= 11 is 0. The van der Waals surface area contributed by atoms with Crippen molar-refractivity contribution >= 4 is 26.6 Å². The molecule has 2 aliphatic rings. The number of nitrogens with zero attached hydrogens (tertiary/aromatic N) is 2. The van der Waals surface area contributed by atoms with Crippen molar-refractivity contribution in [1.82, 2.24) is 14.8 Å². The molecule has 35 heavy (non-hydrogen) atoms. The fourth-order valence-corrected chi connectivity index (χ4v) is 7.06. The van der Waals surface area contributed by atoms with Crippen LogP contribution in [0.5, 0.6) is 5.75 Å². The van der Waals surface area contributed by atoms with Gasteiger partial charge in [0.05, 0.1) is 11.6 Å². The van der Waals surface area contributed by atoms with Crippen molar-refractivity contribution in [1.29, 1.82) is 0 Å². The fourth-order valence-electron chi connectivity index (χ4n) is 5.90. The number of hydrogen-bond acceptors (Lipinski definition) is 4. The number of likely N-dealkylation sites (tertiary alicyclic amines) is 1. The lowest BCUT2D eigenvalue weighted by Crippen LogP contribution is -2.58. The highest BCUT2D eigenvalue weighted by Gasteiger charge is 2.51. The first-order chi connectivity index (χ1) is 16.5. The van der Waals surface area contributed by atoms with Gasteiger partial charge in [-0.3, -0.25) is 4.79 Å². The summed E-state index contributed by atoms with van der Waals surface area (Å²) in [6.07, 6.45) is 2.34. The maximum Gasteiger partial charge on any atom is 0.268 e. The molecule has 4 rings (SSSR count). The van der Waals surface area contributed by atoms with E-state index in [4.69, 9.17) is 9.16 Å². The third-order valence-electron chi connectivity index (χ3n) is 9.12. The largest absolute Gasteiger partial charge is 0.490 e. The van der Waals surface area contributed by atoms with E-state index in [0.717, 1.165) is 42.6 Å². The molecule has 1 unspecified atom stereocenters. The minimum Gasteiger partial charge on any atom is -0.490 e. The van der Waals surface area contributed by atoms with Crippen molar-refractivity contribution in [3.05, 3.63) is 30.0 Å². The number of aromatic nitrogens is 1. The van der Waals surface area contributed by atoms with Crippen LogP contribution in [0.1, 0.15) is 77.8 Å². The SMILES string of the molecule is C[SiH2]OC(C)([C@@H]1CNC(=O)c2cc3cc(OC4CCN(C(C)C)CC4)ccc3n21)C(C)(C)C(C)C. The molecule has 1 N–H and O–H groups in total. The number of amides is 1. The van der Waals surface area contributed by atoms with E-state index in [1.165, 1.54) is 0 Å². The van der Waals surface area contributed by atoms with E-state index in [-0.39, 0.29) is 23.5 Å². The third-order valence-corrected chi connectivity index (χ3v) is 10.0. The van der Waals surface area contributed by atoms with Gasteiger partial charge in [-0.2, -0.15) is 0 Å². The van der Waals surface area contributed by atoms with Gasteiger partial charge in [-0.25, -0.2) is 0 Å². The molecule has 1 amide bonds. The average molecular weight is 500 g/mol. The molecule has 0 saturated carbocycles. The molecule has 2 aromatic rings. The molecule has 0 radical (unpaired) electrons. The van der Waals surface area contributed by atoms with Crippen molar-refractivity contribution in [2.75, 3.05) is 19.6 Å². The lowest BCUT2D eigenvalue weighted by Gasteiger charge is -2.53. The van der Waals surface area contributed by atoms with Crippen LogP contribution in [0.25, 0.3) is 10.9 Å². The van der Waals surface area contributed by atoms with Crippen molar-refractivity contribution in [2.24, 2.45) is 11.3 Å². The highest BCUT2D eigenvalue weighted by Crippen LogP contribution is 2.49. The minimum atomic E-state index is -0.676. The summed E-state index contributed by atoms with van der Waals surface area (Å²) in [5, 5.41) is 4.21. The van der Waals surface area contributed by atoms with Gasteiger partial charge in [-0.05, 0) is 69.2 Å². The van der Waals surface area contributed by atoms with Crippen LogP contribution in [0.4, 0.5) is 0 Å². The van der Waals surface area contributed by atoms with E-state index >= 15 is 0 Å². The van der Waals surface area contributed by atoms with E-state index in [0.29, 0.717) is 24.2 Å². The monoisotopic (exact) mass is 499 g/mol. The van der Waals surface area contributed by atoms with Gasteiger partial charge in [-0.1, -0.05) is 34.2 Å². The molecule has 1 aromatic carbocycles. The van der Waals surface area contributed by atoms with E-state index in [1.54, 1.807) is 0 Å². The third kappa shape index (κ3) is 4.67. The van der Waals surface area contributed by atoms with Crippen molar-refractivity contribution in [3.63, 3.8) is 0 Å². The van der Waals surface area contributed by atoms with Crippen LogP contribution in [0.3, 0.4) is 0 Å². The van der Waals surface area contributed by atoms with Crippen molar-refractivity contribution in [2.45, 2.75) is 91.6 Å². The minimum absolute atomic E-state index is 0.0144. The van der Waals surface area contributed by atoms with Crippen LogP contribution in [0.15, 0.2) is 24.3 Å². The summed E-state index contributed by atoms with van der Waals surface area (Å²) in [6.45, 7) is 20.8. The summed E-state index contributed by atoms with van der Waals surface area (Å²) < 4.78 is 15.3. The van der Waals surface area contributed by atoms with Crippen LogP contribution in [-0.2, 0) is 4.43 Å². The second-order valence-electron chi connectivity index (χ2n) is 11.7. The first-order valence-corrected chi connectivity index (χ1v) is 15.5. The molecule has 7 heteroatoms. The fraction of sp³-hybridized carbons (Fsp3) is 0.679. The van der Waals surface area contributed by atoms with E-state index in [2.05, 4.69) is 88.0 Å². The lowest BCUT2D eigenvalue weighted by molar-refractivity contribution is -0.0901. The van der Waals surface area contributed by atoms with Crippen molar-refractivity contribution < 1.29 is 14.0 Å². The van der Waals surface area contributed by atoms with E-state index < -0.39 is 15.4 Å². The molecule has 1 fully saturated rings. The zero-order valence-corrected chi connectivity index (χ0v) is 24.4. The molecule has 0 bridgehead atoms. The zero-order valence-electron chi connectivity index (χ0n) is 23.0. The Kier molecular flexibility index (Phi) is 7.42. The van der Waals surface area contributed by atoms with Gasteiger partial charge >= 0.3 is 0 Å². The zero-order chi connectivity index (χ0) is 25.5. The molecule has 0 spiro atoms. The Balaban J connectivity index is 1.67. The van der Waals surface area contributed by atoms with Gasteiger partial charge in [-0.15, -0.1) is 0 Å². The summed E-state index contributed by atoms with van der Waals surface area (Å²) in [6, 6.07) is 8.95. The number of nitrogens with one attached hydrogen (secondary N) is 1. The lowest BCUT2D eigenvalue weighted by atomic mass is 9.65. The standard InChI is InChI=1S/C28H45N3O3Si/c1-18(2)27(5,6)28(7,34-35-8)25-17-29-26(32)24-16-20-15-22(9-10-23(20)31(24)25)33-21-11-13-30(14-12-21)19(3)4/h9-10,15-16,18-19,21,25H,11-14,17,35H2,1-8H3,(H,29,32)/t25-,28?/m0/s1. The number of piperidine rings is 1. The summed E-state index contributed by atoms with van der Waals surface area (Å²) in [4.78, 5) is 15.5. The van der Waals surface area contributed by atoms with E-state index in [1.807, 2.05) is 6.07 Å². The Bertz CT molecular complexity index is 1060.